The number of aromatic nitrogens is 9. The van der Waals surface area contributed by atoms with E-state index in [0.717, 1.165) is 116 Å². The van der Waals surface area contributed by atoms with Crippen LogP contribution in [0.15, 0.2) is 419 Å². The number of nitrogens with zero attached hydrogens (tertiary/aromatic N) is 15. The summed E-state index contributed by atoms with van der Waals surface area (Å²) in [7, 11) is 0. The maximum atomic E-state index is 10.6. The molecule has 15 heteroatoms. The van der Waals surface area contributed by atoms with Gasteiger partial charge in [-0.3, -0.25) is 0 Å². The molecule has 150 heavy (non-hydrogen) atoms. The van der Waals surface area contributed by atoms with Crippen molar-refractivity contribution in [3.8, 4) is 170 Å². The molecule has 0 unspecified atom stereocenters. The second-order valence-corrected chi connectivity index (χ2v) is 39.6. The quantitative estimate of drug-likeness (QED) is 0.108. The molecule has 0 radical (unpaired) electrons. The van der Waals surface area contributed by atoms with Crippen LogP contribution in [-0.4, -0.2) is 43.6 Å². The Morgan fingerprint density at radius 3 is 0.940 bits per heavy atom. The van der Waals surface area contributed by atoms with Crippen molar-refractivity contribution in [3.05, 3.63) is 503 Å². The van der Waals surface area contributed by atoms with Gasteiger partial charge in [0, 0.05) is 87.5 Å². The predicted molar refractivity (Wildman–Crippen MR) is 604 cm³/mol. The van der Waals surface area contributed by atoms with Gasteiger partial charge in [0.05, 0.1) is 104 Å². The van der Waals surface area contributed by atoms with Crippen molar-refractivity contribution in [2.75, 3.05) is 0 Å². The standard InChI is InChI=1S/3C45H29N5/c1-45(2)35-20-12-10-19-33(35)40-36(45)24-23-32-31-18-11-13-21-38(31)50(43(32)40)39-25-22-30(26-37(39)47-3)42-34(27-46)41(28-14-6-4-7-15-28)48-44(49-42)29-16-8-5-9-17-29;1-45(2)36-20-12-10-18-31(36)33-23-24-34-32-19-11-13-21-38(32)50(43(34)40(33)45)39-25-22-30(26-37(39)47-3)42-35(27-46)41(28-14-6-4-7-15-28)48-44(49-42)29-16-8-5-9-17-29;1-45(2)36-20-12-10-18-31(36)33-25-34-32-19-11-13-21-39(32)50(41(34)26-37(33)45)40-23-22-30(24-38(40)47-3)43-35(27-46)42(28-14-6-4-7-15-28)48-44(49-43)29-16-8-5-9-17-29/h3*4-26H,1-2H3. The summed E-state index contributed by atoms with van der Waals surface area (Å²) in [4.78, 5) is 41.9. The average molecular weight is 1920 g/mol. The van der Waals surface area contributed by atoms with Gasteiger partial charge in [0.2, 0.25) is 17.1 Å². The molecule has 24 aromatic rings. The number of fused-ring (bicyclic) bond motifs is 20. The number of benzene rings is 18. The fourth-order valence-electron chi connectivity index (χ4n) is 23.2. The molecule has 0 N–H and O–H groups in total. The van der Waals surface area contributed by atoms with Gasteiger partial charge in [0.25, 0.3) is 0 Å². The Morgan fingerprint density at radius 2 is 0.533 bits per heavy atom. The Hall–Kier alpha value is -20.5. The Bertz CT molecular complexity index is 10000. The van der Waals surface area contributed by atoms with Crippen LogP contribution in [0.25, 0.3) is 232 Å². The summed E-state index contributed by atoms with van der Waals surface area (Å²) in [6, 6.07) is 148. The van der Waals surface area contributed by atoms with Crippen molar-refractivity contribution < 1.29 is 0 Å². The normalized spacial score (nSPS) is 12.7. The average Bonchev–Trinajstić information content (AvgIpc) is 1.53. The van der Waals surface area contributed by atoms with E-state index in [-0.39, 0.29) is 16.2 Å². The molecule has 0 saturated heterocycles. The third-order valence-corrected chi connectivity index (χ3v) is 30.2. The lowest BCUT2D eigenvalue weighted by molar-refractivity contribution is 0.660. The Morgan fingerprint density at radius 1 is 0.227 bits per heavy atom. The highest BCUT2D eigenvalue weighted by atomic mass is 15.0. The number of para-hydroxylation sites is 3. The van der Waals surface area contributed by atoms with Crippen LogP contribution in [0.2, 0.25) is 0 Å². The molecule has 0 atom stereocenters. The molecule has 15 nitrogen and oxygen atoms in total. The van der Waals surface area contributed by atoms with Crippen molar-refractivity contribution in [3.63, 3.8) is 0 Å². The zero-order chi connectivity index (χ0) is 102. The topological polar surface area (TPSA) is 177 Å². The van der Waals surface area contributed by atoms with Crippen LogP contribution < -0.4 is 0 Å². The molecule has 3 aliphatic rings. The van der Waals surface area contributed by atoms with Crippen LogP contribution in [-0.2, 0) is 16.2 Å². The smallest absolute Gasteiger partial charge is 0.211 e. The molecule has 18 aromatic carbocycles. The van der Waals surface area contributed by atoms with Crippen LogP contribution in [0.3, 0.4) is 0 Å². The van der Waals surface area contributed by atoms with E-state index in [1.165, 1.54) is 66.8 Å². The van der Waals surface area contributed by atoms with Gasteiger partial charge in [0.15, 0.2) is 17.5 Å². The molecular formula is C135H87N15. The molecular weight excluding hydrogens is 1830 g/mol. The van der Waals surface area contributed by atoms with Crippen molar-refractivity contribution >= 4 is 82.5 Å². The first kappa shape index (κ1) is 90.8. The van der Waals surface area contributed by atoms with Crippen LogP contribution in [0.5, 0.6) is 0 Å². The third-order valence-electron chi connectivity index (χ3n) is 30.2. The summed E-state index contributed by atoms with van der Waals surface area (Å²) in [5.74, 6) is 1.56. The number of rotatable bonds is 12. The number of nitriles is 3. The minimum absolute atomic E-state index is 0.165. The molecule has 3 aliphatic carbocycles. The van der Waals surface area contributed by atoms with Gasteiger partial charge in [-0.15, -0.1) is 0 Å². The molecule has 0 fully saturated rings. The summed E-state index contributed by atoms with van der Waals surface area (Å²) in [5, 5.41) is 38.5. The van der Waals surface area contributed by atoms with Gasteiger partial charge in [-0.1, -0.05) is 393 Å². The van der Waals surface area contributed by atoms with E-state index in [2.05, 4.69) is 264 Å². The van der Waals surface area contributed by atoms with Crippen LogP contribution in [0, 0.1) is 53.7 Å². The molecule has 0 saturated carbocycles. The van der Waals surface area contributed by atoms with Crippen molar-refractivity contribution in [1.29, 1.82) is 15.8 Å². The molecule has 0 bridgehead atoms. The molecule has 6 heterocycles. The molecule has 0 amide bonds. The first-order chi connectivity index (χ1) is 73.5. The Balaban J connectivity index is 0.000000116. The zero-order valence-corrected chi connectivity index (χ0v) is 82.5. The van der Waals surface area contributed by atoms with E-state index in [1.807, 2.05) is 243 Å². The Kier molecular flexibility index (Phi) is 21.9. The highest BCUT2D eigenvalue weighted by Crippen LogP contribution is 2.58. The number of hydrogen-bond donors (Lipinski definition) is 0. The first-order valence-electron chi connectivity index (χ1n) is 49.8. The summed E-state index contributed by atoms with van der Waals surface area (Å²) < 4.78 is 6.75. The second-order valence-electron chi connectivity index (χ2n) is 39.6. The van der Waals surface area contributed by atoms with E-state index in [4.69, 9.17) is 49.6 Å². The lowest BCUT2D eigenvalue weighted by atomic mass is 9.81. The fourth-order valence-corrected chi connectivity index (χ4v) is 23.2. The molecule has 702 valence electrons. The van der Waals surface area contributed by atoms with Gasteiger partial charge in [-0.05, 0) is 145 Å². The highest BCUT2D eigenvalue weighted by Gasteiger charge is 2.42. The van der Waals surface area contributed by atoms with Gasteiger partial charge >= 0.3 is 0 Å². The SMILES string of the molecule is [C-]#[N+]c1cc(-c2nc(-c3ccccc3)nc(-c3ccccc3)c2C#N)ccc1-n1c2ccccc2c2cc3c(cc21)C(C)(C)c1ccccc1-3.[C-]#[N+]c1cc(-c2nc(-c3ccccc3)nc(-c3ccccc3)c2C#N)ccc1-n1c2ccccc2c2ccc3c(c21)-c1ccccc1C3(C)C.[C-]#[N+]c1cc(-c2nc(-c3ccccc3)nc(-c3ccccc3)c2C#N)ccc1-n1c2ccccc2c2ccc3c(c21)C(C)(C)c1ccccc1-3. The van der Waals surface area contributed by atoms with E-state index < -0.39 is 0 Å². The van der Waals surface area contributed by atoms with Crippen LogP contribution in [0.1, 0.15) is 91.6 Å². The van der Waals surface area contributed by atoms with Gasteiger partial charge < -0.3 is 13.7 Å². The van der Waals surface area contributed by atoms with Crippen LogP contribution in [0.4, 0.5) is 17.1 Å². The summed E-state index contributed by atoms with van der Waals surface area (Å²) in [5.41, 5.74) is 36.1. The van der Waals surface area contributed by atoms with Crippen molar-refractivity contribution in [2.45, 2.75) is 57.8 Å². The summed E-state index contributed by atoms with van der Waals surface area (Å²) >= 11 is 0. The van der Waals surface area contributed by atoms with Crippen molar-refractivity contribution in [2.24, 2.45) is 0 Å². The summed E-state index contributed by atoms with van der Waals surface area (Å²) in [6.45, 7) is 39.1. The highest BCUT2D eigenvalue weighted by molar-refractivity contribution is 6.18. The largest absolute Gasteiger partial charge is 0.319 e. The van der Waals surface area contributed by atoms with E-state index in [1.54, 1.807) is 0 Å². The van der Waals surface area contributed by atoms with E-state index in [9.17, 15) is 15.8 Å². The number of hydrogen-bond acceptors (Lipinski definition) is 9. The van der Waals surface area contributed by atoms with Crippen LogP contribution >= 0.6 is 0 Å². The van der Waals surface area contributed by atoms with E-state index in [0.29, 0.717) is 102 Å². The van der Waals surface area contributed by atoms with Gasteiger partial charge in [-0.25, -0.2) is 44.4 Å². The maximum absolute atomic E-state index is 10.6. The van der Waals surface area contributed by atoms with Crippen molar-refractivity contribution in [1.82, 2.24) is 43.6 Å². The molecule has 6 aromatic heterocycles. The molecule has 0 aliphatic heterocycles. The fraction of sp³-hybridized carbons (Fsp3) is 0.0667. The molecule has 27 rings (SSSR count). The summed E-state index contributed by atoms with van der Waals surface area (Å²) in [6.07, 6.45) is 0. The second kappa shape index (κ2) is 36.1. The monoisotopic (exact) mass is 1920 g/mol. The third kappa shape index (κ3) is 14.6. The maximum Gasteiger partial charge on any atom is 0.211 e. The van der Waals surface area contributed by atoms with Gasteiger partial charge in [-0.2, -0.15) is 15.8 Å². The molecule has 0 spiro atoms. The van der Waals surface area contributed by atoms with E-state index >= 15 is 0 Å². The van der Waals surface area contributed by atoms with Gasteiger partial charge in [0.1, 0.15) is 34.9 Å². The first-order valence-corrected chi connectivity index (χ1v) is 49.8. The lowest BCUT2D eigenvalue weighted by Crippen LogP contribution is -2.16. The minimum atomic E-state index is -0.250. The predicted octanol–water partition coefficient (Wildman–Crippen LogP) is 33.9. The minimum Gasteiger partial charge on any atom is -0.319 e. The lowest BCUT2D eigenvalue weighted by Gasteiger charge is -2.24. The Labute approximate surface area is 867 Å². The zero-order valence-electron chi connectivity index (χ0n) is 82.5.